The van der Waals surface area contributed by atoms with Gasteiger partial charge in [0, 0.05) is 18.0 Å². The van der Waals surface area contributed by atoms with E-state index in [2.05, 4.69) is 10.3 Å². The number of carbonyl (C=O) groups excluding carboxylic acids is 1. The van der Waals surface area contributed by atoms with Crippen LogP contribution in [0.25, 0.3) is 10.9 Å². The van der Waals surface area contributed by atoms with Gasteiger partial charge < -0.3 is 15.4 Å². The van der Waals surface area contributed by atoms with Crippen molar-refractivity contribution < 1.29 is 19.1 Å². The molecule has 1 amide bonds. The van der Waals surface area contributed by atoms with E-state index in [0.717, 1.165) is 12.1 Å². The summed E-state index contributed by atoms with van der Waals surface area (Å²) in [6.45, 7) is 3.27. The van der Waals surface area contributed by atoms with Gasteiger partial charge in [0.1, 0.15) is 5.82 Å². The molecule has 3 N–H and O–H groups in total. The van der Waals surface area contributed by atoms with Crippen molar-refractivity contribution >= 4 is 22.8 Å². The number of nitrogens with one attached hydrogen (secondary N) is 2. The van der Waals surface area contributed by atoms with Gasteiger partial charge in [-0.1, -0.05) is 0 Å². The molecule has 0 fully saturated rings. The van der Waals surface area contributed by atoms with Crippen molar-refractivity contribution in [2.45, 2.75) is 20.3 Å². The number of carbonyl (C=O) groups is 2. The second-order valence-electron chi connectivity index (χ2n) is 5.93. The fourth-order valence-electron chi connectivity index (χ4n) is 2.11. The van der Waals surface area contributed by atoms with Crippen LogP contribution in [0.4, 0.5) is 4.39 Å². The van der Waals surface area contributed by atoms with Gasteiger partial charge >= 0.3 is 5.97 Å². The fourth-order valence-corrected chi connectivity index (χ4v) is 2.11. The summed E-state index contributed by atoms with van der Waals surface area (Å²) in [5, 5.41) is 12.0. The number of aliphatic carboxylic acids is 1. The lowest BCUT2D eigenvalue weighted by atomic mass is 9.89. The summed E-state index contributed by atoms with van der Waals surface area (Å²) >= 11 is 0. The predicted octanol–water partition coefficient (Wildman–Crippen LogP) is 1.90. The lowest BCUT2D eigenvalue weighted by molar-refractivity contribution is -0.147. The molecule has 2 rings (SSSR count). The van der Waals surface area contributed by atoms with Gasteiger partial charge in [0.15, 0.2) is 0 Å². The molecule has 0 aliphatic heterocycles. The Morgan fingerprint density at radius 3 is 2.65 bits per heavy atom. The molecule has 1 aromatic heterocycles. The number of carboxylic acid groups (broad SMARTS) is 1. The summed E-state index contributed by atoms with van der Waals surface area (Å²) < 4.78 is 13.2. The Bertz CT molecular complexity index is 826. The summed E-state index contributed by atoms with van der Waals surface area (Å²) in [5.74, 6) is -1.98. The van der Waals surface area contributed by atoms with Crippen LogP contribution in [-0.2, 0) is 4.79 Å². The Labute approximate surface area is 131 Å². The topological polar surface area (TPSA) is 99.3 Å². The number of fused-ring (bicyclic) bond motifs is 1. The molecule has 2 aromatic rings. The first kappa shape index (κ1) is 16.7. The SMILES string of the molecule is CC(C)(CCNC(=O)c1cc(=O)[nH]c2cc(F)ccc12)C(=O)O. The van der Waals surface area contributed by atoms with E-state index in [4.69, 9.17) is 5.11 Å². The molecule has 0 spiro atoms. The first-order valence-electron chi connectivity index (χ1n) is 7.05. The molecule has 0 aliphatic rings. The minimum Gasteiger partial charge on any atom is -0.481 e. The summed E-state index contributed by atoms with van der Waals surface area (Å²) in [6, 6.07) is 4.89. The molecule has 1 aromatic carbocycles. The van der Waals surface area contributed by atoms with E-state index in [1.165, 1.54) is 12.1 Å². The lowest BCUT2D eigenvalue weighted by Crippen LogP contribution is -2.32. The third-order valence-corrected chi connectivity index (χ3v) is 3.66. The highest BCUT2D eigenvalue weighted by atomic mass is 19.1. The standard InChI is InChI=1S/C16H17FN2O4/c1-16(2,15(22)23)5-6-18-14(21)11-8-13(20)19-12-7-9(17)3-4-10(11)12/h3-4,7-8H,5-6H2,1-2H3,(H,18,21)(H,19,20)(H,22,23). The van der Waals surface area contributed by atoms with E-state index >= 15 is 0 Å². The summed E-state index contributed by atoms with van der Waals surface area (Å²) in [4.78, 5) is 37.3. The Morgan fingerprint density at radius 1 is 1.30 bits per heavy atom. The Hall–Kier alpha value is -2.70. The van der Waals surface area contributed by atoms with Crippen molar-refractivity contribution in [1.82, 2.24) is 10.3 Å². The molecule has 0 radical (unpaired) electrons. The number of pyridine rings is 1. The average molecular weight is 320 g/mol. The van der Waals surface area contributed by atoms with E-state index in [1.54, 1.807) is 13.8 Å². The second kappa shape index (κ2) is 6.20. The normalized spacial score (nSPS) is 11.4. The van der Waals surface area contributed by atoms with Crippen LogP contribution in [0.3, 0.4) is 0 Å². The molecule has 0 atom stereocenters. The summed E-state index contributed by atoms with van der Waals surface area (Å²) in [5.41, 5.74) is -1.13. The first-order chi connectivity index (χ1) is 10.7. The third kappa shape index (κ3) is 3.74. The van der Waals surface area contributed by atoms with E-state index in [1.807, 2.05) is 0 Å². The first-order valence-corrected chi connectivity index (χ1v) is 7.05. The zero-order valence-corrected chi connectivity index (χ0v) is 12.8. The smallest absolute Gasteiger partial charge is 0.309 e. The molecule has 0 saturated carbocycles. The maximum absolute atomic E-state index is 13.2. The van der Waals surface area contributed by atoms with Crippen molar-refractivity contribution in [3.8, 4) is 0 Å². The van der Waals surface area contributed by atoms with E-state index in [9.17, 15) is 18.8 Å². The van der Waals surface area contributed by atoms with Crippen LogP contribution in [0.5, 0.6) is 0 Å². The number of hydrogen-bond donors (Lipinski definition) is 3. The van der Waals surface area contributed by atoms with Crippen LogP contribution >= 0.6 is 0 Å². The van der Waals surface area contributed by atoms with Gasteiger partial charge in [0.25, 0.3) is 5.91 Å². The number of H-pyrrole nitrogens is 1. The summed E-state index contributed by atoms with van der Waals surface area (Å²) in [7, 11) is 0. The highest BCUT2D eigenvalue weighted by Crippen LogP contribution is 2.20. The molecule has 122 valence electrons. The quantitative estimate of drug-likeness (QED) is 0.783. The fraction of sp³-hybridized carbons (Fsp3) is 0.312. The number of benzene rings is 1. The van der Waals surface area contributed by atoms with Crippen molar-refractivity contribution in [2.75, 3.05) is 6.54 Å². The zero-order chi connectivity index (χ0) is 17.2. The Balaban J connectivity index is 2.22. The molecular weight excluding hydrogens is 303 g/mol. The van der Waals surface area contributed by atoms with Crippen LogP contribution < -0.4 is 10.9 Å². The largest absolute Gasteiger partial charge is 0.481 e. The van der Waals surface area contributed by atoms with Gasteiger partial charge in [-0.05, 0) is 38.5 Å². The molecule has 1 heterocycles. The monoisotopic (exact) mass is 320 g/mol. The molecule has 0 aliphatic carbocycles. The maximum Gasteiger partial charge on any atom is 0.309 e. The summed E-state index contributed by atoms with van der Waals surface area (Å²) in [6.07, 6.45) is 0.240. The number of rotatable bonds is 5. The van der Waals surface area contributed by atoms with Crippen LogP contribution in [0.2, 0.25) is 0 Å². The highest BCUT2D eigenvalue weighted by molar-refractivity contribution is 6.05. The molecule has 23 heavy (non-hydrogen) atoms. The molecule has 6 nitrogen and oxygen atoms in total. The molecule has 0 unspecified atom stereocenters. The molecule has 0 bridgehead atoms. The van der Waals surface area contributed by atoms with Crippen molar-refractivity contribution in [3.05, 3.63) is 46.0 Å². The number of carboxylic acids is 1. The van der Waals surface area contributed by atoms with Gasteiger partial charge in [-0.2, -0.15) is 0 Å². The second-order valence-corrected chi connectivity index (χ2v) is 5.93. The number of hydrogen-bond acceptors (Lipinski definition) is 3. The predicted molar refractivity (Wildman–Crippen MR) is 82.9 cm³/mol. The van der Waals surface area contributed by atoms with Crippen LogP contribution in [0.1, 0.15) is 30.6 Å². The van der Waals surface area contributed by atoms with Gasteiger partial charge in [0.05, 0.1) is 16.5 Å². The van der Waals surface area contributed by atoms with Gasteiger partial charge in [-0.25, -0.2) is 4.39 Å². The average Bonchev–Trinajstić information content (AvgIpc) is 2.45. The molecule has 7 heteroatoms. The maximum atomic E-state index is 13.2. The van der Waals surface area contributed by atoms with E-state index in [0.29, 0.717) is 5.39 Å². The van der Waals surface area contributed by atoms with Crippen molar-refractivity contribution in [2.24, 2.45) is 5.41 Å². The van der Waals surface area contributed by atoms with E-state index < -0.39 is 28.7 Å². The Kier molecular flexibility index (Phi) is 4.49. The van der Waals surface area contributed by atoms with E-state index in [-0.39, 0.29) is 24.0 Å². The number of aromatic amines is 1. The highest BCUT2D eigenvalue weighted by Gasteiger charge is 2.26. The number of aromatic nitrogens is 1. The van der Waals surface area contributed by atoms with Crippen LogP contribution in [0, 0.1) is 11.2 Å². The third-order valence-electron chi connectivity index (χ3n) is 3.66. The zero-order valence-electron chi connectivity index (χ0n) is 12.8. The minimum atomic E-state index is -0.966. The van der Waals surface area contributed by atoms with Crippen LogP contribution in [-0.4, -0.2) is 28.5 Å². The number of amides is 1. The number of halogens is 1. The van der Waals surface area contributed by atoms with Crippen molar-refractivity contribution in [1.29, 1.82) is 0 Å². The van der Waals surface area contributed by atoms with Gasteiger partial charge in [-0.3, -0.25) is 14.4 Å². The minimum absolute atomic E-state index is 0.122. The van der Waals surface area contributed by atoms with Crippen molar-refractivity contribution in [3.63, 3.8) is 0 Å². The Morgan fingerprint density at radius 2 is 2.00 bits per heavy atom. The van der Waals surface area contributed by atoms with Gasteiger partial charge in [0.2, 0.25) is 5.56 Å². The molecule has 0 saturated heterocycles. The molecular formula is C16H17FN2O4. The lowest BCUT2D eigenvalue weighted by Gasteiger charge is -2.19. The van der Waals surface area contributed by atoms with Gasteiger partial charge in [-0.15, -0.1) is 0 Å². The van der Waals surface area contributed by atoms with Crippen LogP contribution in [0.15, 0.2) is 29.1 Å².